The Morgan fingerprint density at radius 1 is 1.07 bits per heavy atom. The van der Waals surface area contributed by atoms with Gasteiger partial charge in [-0.15, -0.1) is 0 Å². The maximum absolute atomic E-state index is 14.3. The average molecular weight is 404 g/mol. The van der Waals surface area contributed by atoms with Crippen LogP contribution in [0.25, 0.3) is 28.1 Å². The Hall–Kier alpha value is -3.54. The van der Waals surface area contributed by atoms with Gasteiger partial charge in [0.1, 0.15) is 11.6 Å². The molecule has 0 saturated heterocycles. The molecule has 0 atom stereocenters. The van der Waals surface area contributed by atoms with Crippen LogP contribution in [0.5, 0.6) is 0 Å². The molecule has 0 unspecified atom stereocenters. The van der Waals surface area contributed by atoms with Gasteiger partial charge in [-0.05, 0) is 62.5 Å². The van der Waals surface area contributed by atoms with Gasteiger partial charge in [-0.3, -0.25) is 0 Å². The van der Waals surface area contributed by atoms with Crippen molar-refractivity contribution in [3.63, 3.8) is 0 Å². The van der Waals surface area contributed by atoms with Crippen LogP contribution in [0.4, 0.5) is 10.1 Å². The van der Waals surface area contributed by atoms with Crippen molar-refractivity contribution in [1.82, 2.24) is 14.5 Å². The summed E-state index contributed by atoms with van der Waals surface area (Å²) in [5.41, 5.74) is 3.30. The number of nitrogens with zero attached hydrogens (tertiary/aromatic N) is 4. The molecule has 6 heteroatoms. The van der Waals surface area contributed by atoms with E-state index in [1.165, 1.54) is 6.07 Å². The third kappa shape index (κ3) is 4.38. The molecule has 1 N–H and O–H groups in total. The third-order valence-electron chi connectivity index (χ3n) is 4.73. The second kappa shape index (κ2) is 9.78. The number of nitrogens with one attached hydrogen (secondary N) is 1. The Morgan fingerprint density at radius 3 is 2.50 bits per heavy atom. The fourth-order valence-electron chi connectivity index (χ4n) is 3.13. The van der Waals surface area contributed by atoms with Gasteiger partial charge >= 0.3 is 0 Å². The van der Waals surface area contributed by atoms with E-state index < -0.39 is 0 Å². The molecule has 4 aromatic rings. The molecule has 0 aliphatic heterocycles. The van der Waals surface area contributed by atoms with Crippen molar-refractivity contribution in [2.45, 2.75) is 20.3 Å². The lowest BCUT2D eigenvalue weighted by atomic mass is 10.1. The van der Waals surface area contributed by atoms with Gasteiger partial charge in [0, 0.05) is 36.6 Å². The third-order valence-corrected chi connectivity index (χ3v) is 4.73. The average Bonchev–Trinajstić information content (AvgIpc) is 3.27. The van der Waals surface area contributed by atoms with Gasteiger partial charge in [0.2, 0.25) is 0 Å². The van der Waals surface area contributed by atoms with E-state index in [0.717, 1.165) is 41.1 Å². The predicted molar refractivity (Wildman–Crippen MR) is 123 cm³/mol. The molecule has 2 heterocycles. The van der Waals surface area contributed by atoms with E-state index in [1.54, 1.807) is 18.2 Å². The van der Waals surface area contributed by atoms with Crippen LogP contribution in [-0.4, -0.2) is 34.8 Å². The summed E-state index contributed by atoms with van der Waals surface area (Å²) in [7, 11) is 1.88. The Kier molecular flexibility index (Phi) is 6.91. The van der Waals surface area contributed by atoms with E-state index in [1.807, 2.05) is 49.0 Å². The van der Waals surface area contributed by atoms with Gasteiger partial charge in [0.25, 0.3) is 0 Å². The lowest BCUT2D eigenvalue weighted by Crippen LogP contribution is -2.05. The van der Waals surface area contributed by atoms with E-state index in [0.29, 0.717) is 11.4 Å². The zero-order valence-corrected chi connectivity index (χ0v) is 17.6. The van der Waals surface area contributed by atoms with Crippen LogP contribution in [0.2, 0.25) is 0 Å². The number of aryl methyl sites for hydroxylation is 1. The molecule has 5 nitrogen and oxygen atoms in total. The van der Waals surface area contributed by atoms with Gasteiger partial charge in [-0.25, -0.2) is 14.4 Å². The number of anilines is 1. The zero-order chi connectivity index (χ0) is 21.5. The Bertz CT molecular complexity index is 1150. The van der Waals surface area contributed by atoms with Crippen molar-refractivity contribution < 1.29 is 4.39 Å². The second-order valence-electron chi connectivity index (χ2n) is 6.60. The van der Waals surface area contributed by atoms with E-state index in [-0.39, 0.29) is 5.82 Å². The van der Waals surface area contributed by atoms with Crippen LogP contribution >= 0.6 is 0 Å². The van der Waals surface area contributed by atoms with Crippen LogP contribution < -0.4 is 5.32 Å². The number of aliphatic imine (C=N–C) groups is 1. The van der Waals surface area contributed by atoms with Crippen molar-refractivity contribution in [3.8, 4) is 17.2 Å². The highest BCUT2D eigenvalue weighted by Gasteiger charge is 2.15. The summed E-state index contributed by atoms with van der Waals surface area (Å²) in [6.45, 7) is 8.12. The van der Waals surface area contributed by atoms with Crippen molar-refractivity contribution >= 4 is 23.3 Å². The normalized spacial score (nSPS) is 10.4. The SMILES string of the molecule is C=NCC.CCc1cccn1-c1nc(-c2ccccc2F)nc2ccc(NC)cc12. The van der Waals surface area contributed by atoms with E-state index >= 15 is 0 Å². The molecule has 0 fully saturated rings. The van der Waals surface area contributed by atoms with E-state index in [2.05, 4.69) is 35.0 Å². The fraction of sp³-hybridized carbons (Fsp3) is 0.208. The molecule has 0 amide bonds. The monoisotopic (exact) mass is 403 g/mol. The summed E-state index contributed by atoms with van der Waals surface area (Å²) in [5, 5.41) is 4.07. The standard InChI is InChI=1S/C21H19FN4.C3H7N/c1-3-15-7-6-12-26(15)21-17-13-14(23-2)10-11-19(17)24-20(25-21)16-8-4-5-9-18(16)22;1-3-4-2/h4-13,23H,3H2,1-2H3;2-3H2,1H3. The number of rotatable bonds is 5. The summed E-state index contributed by atoms with van der Waals surface area (Å²) in [6.07, 6.45) is 2.86. The molecule has 0 bridgehead atoms. The van der Waals surface area contributed by atoms with Crippen molar-refractivity contribution in [2.24, 2.45) is 4.99 Å². The molecule has 2 aromatic carbocycles. The van der Waals surface area contributed by atoms with Gasteiger partial charge < -0.3 is 14.9 Å². The second-order valence-corrected chi connectivity index (χ2v) is 6.60. The Labute approximate surface area is 176 Å². The first-order valence-electron chi connectivity index (χ1n) is 9.96. The summed E-state index contributed by atoms with van der Waals surface area (Å²) in [4.78, 5) is 12.8. The zero-order valence-electron chi connectivity index (χ0n) is 17.6. The van der Waals surface area contributed by atoms with Crippen molar-refractivity contribution in [1.29, 1.82) is 0 Å². The first-order chi connectivity index (χ1) is 14.6. The molecule has 0 saturated carbocycles. The van der Waals surface area contributed by atoms with Gasteiger partial charge in [0.15, 0.2) is 5.82 Å². The first-order valence-corrected chi connectivity index (χ1v) is 9.96. The number of hydrogen-bond acceptors (Lipinski definition) is 4. The van der Waals surface area contributed by atoms with E-state index in [9.17, 15) is 4.39 Å². The highest BCUT2D eigenvalue weighted by molar-refractivity contribution is 5.90. The molecule has 30 heavy (non-hydrogen) atoms. The molecule has 2 aromatic heterocycles. The lowest BCUT2D eigenvalue weighted by molar-refractivity contribution is 0.630. The molecular formula is C24H26FN5. The highest BCUT2D eigenvalue weighted by Crippen LogP contribution is 2.28. The number of halogens is 1. The largest absolute Gasteiger partial charge is 0.388 e. The number of fused-ring (bicyclic) bond motifs is 1. The maximum atomic E-state index is 14.3. The number of aromatic nitrogens is 3. The molecule has 0 radical (unpaired) electrons. The maximum Gasteiger partial charge on any atom is 0.165 e. The Balaban J connectivity index is 0.000000589. The van der Waals surface area contributed by atoms with Crippen molar-refractivity contribution in [3.05, 3.63) is 72.3 Å². The molecule has 0 aliphatic carbocycles. The topological polar surface area (TPSA) is 55.1 Å². The number of benzene rings is 2. The molecule has 4 rings (SSSR count). The van der Waals surface area contributed by atoms with Gasteiger partial charge in [-0.2, -0.15) is 0 Å². The summed E-state index contributed by atoms with van der Waals surface area (Å²) in [5.74, 6) is 0.818. The molecule has 0 aliphatic rings. The van der Waals surface area contributed by atoms with Crippen LogP contribution in [0.15, 0.2) is 65.8 Å². The van der Waals surface area contributed by atoms with Crippen LogP contribution in [0, 0.1) is 5.82 Å². The molecule has 154 valence electrons. The first kappa shape index (κ1) is 21.2. The number of hydrogen-bond donors (Lipinski definition) is 1. The van der Waals surface area contributed by atoms with Gasteiger partial charge in [0.05, 0.1) is 11.1 Å². The smallest absolute Gasteiger partial charge is 0.165 e. The summed E-state index contributed by atoms with van der Waals surface area (Å²) >= 11 is 0. The van der Waals surface area contributed by atoms with Crippen LogP contribution in [0.3, 0.4) is 0 Å². The van der Waals surface area contributed by atoms with Crippen LogP contribution in [-0.2, 0) is 6.42 Å². The van der Waals surface area contributed by atoms with Gasteiger partial charge in [-0.1, -0.05) is 19.1 Å². The summed E-state index contributed by atoms with van der Waals surface area (Å²) in [6, 6.07) is 16.6. The minimum atomic E-state index is -0.326. The highest BCUT2D eigenvalue weighted by atomic mass is 19.1. The Morgan fingerprint density at radius 2 is 1.83 bits per heavy atom. The predicted octanol–water partition coefficient (Wildman–Crippen LogP) is 5.54. The fourth-order valence-corrected chi connectivity index (χ4v) is 3.13. The molecular weight excluding hydrogens is 377 g/mol. The lowest BCUT2D eigenvalue weighted by Gasteiger charge is -2.13. The van der Waals surface area contributed by atoms with Crippen molar-refractivity contribution in [2.75, 3.05) is 18.9 Å². The minimum Gasteiger partial charge on any atom is -0.388 e. The molecule has 0 spiro atoms. The minimum absolute atomic E-state index is 0.326. The van der Waals surface area contributed by atoms with E-state index in [4.69, 9.17) is 4.98 Å². The van der Waals surface area contributed by atoms with Crippen LogP contribution in [0.1, 0.15) is 19.5 Å². The quantitative estimate of drug-likeness (QED) is 0.445. The summed E-state index contributed by atoms with van der Waals surface area (Å²) < 4.78 is 16.4.